The van der Waals surface area contributed by atoms with Crippen molar-refractivity contribution >= 4 is 0 Å². The minimum atomic E-state index is 0.597. The standard InChI is InChI=1S/C12H22/c1-9(2)7-8-11(5)12(6)10(3)4/h7-9,11-12H,3H2,1-2,4-6H3. The van der Waals surface area contributed by atoms with Gasteiger partial charge in [-0.25, -0.2) is 0 Å². The van der Waals surface area contributed by atoms with Crippen molar-refractivity contribution in [1.82, 2.24) is 0 Å². The topological polar surface area (TPSA) is 0 Å². The second kappa shape index (κ2) is 5.18. The molecule has 0 nitrogen and oxygen atoms in total. The van der Waals surface area contributed by atoms with Gasteiger partial charge in [-0.3, -0.25) is 0 Å². The molecule has 0 saturated heterocycles. The summed E-state index contributed by atoms with van der Waals surface area (Å²) in [5.41, 5.74) is 1.27. The van der Waals surface area contributed by atoms with Gasteiger partial charge in [0.25, 0.3) is 0 Å². The molecule has 0 N–H and O–H groups in total. The van der Waals surface area contributed by atoms with E-state index in [9.17, 15) is 0 Å². The number of allylic oxidation sites excluding steroid dienone is 3. The molecular formula is C12H22. The van der Waals surface area contributed by atoms with Crippen LogP contribution in [-0.2, 0) is 0 Å². The van der Waals surface area contributed by atoms with Crippen LogP contribution in [0, 0.1) is 17.8 Å². The summed E-state index contributed by atoms with van der Waals surface area (Å²) < 4.78 is 0. The summed E-state index contributed by atoms with van der Waals surface area (Å²) in [6, 6.07) is 0. The second-order valence-electron chi connectivity index (χ2n) is 4.12. The lowest BCUT2D eigenvalue weighted by molar-refractivity contribution is 0.528. The van der Waals surface area contributed by atoms with E-state index in [2.05, 4.69) is 53.3 Å². The summed E-state index contributed by atoms with van der Waals surface area (Å²) >= 11 is 0. The maximum atomic E-state index is 3.97. The molecule has 70 valence electrons. The number of hydrogen-bond donors (Lipinski definition) is 0. The van der Waals surface area contributed by atoms with Crippen molar-refractivity contribution in [2.45, 2.75) is 34.6 Å². The molecule has 2 atom stereocenters. The predicted octanol–water partition coefficient (Wildman–Crippen LogP) is 4.05. The average Bonchev–Trinajstić information content (AvgIpc) is 1.98. The fourth-order valence-corrected chi connectivity index (χ4v) is 1.01. The first-order chi connectivity index (χ1) is 5.45. The van der Waals surface area contributed by atoms with Gasteiger partial charge in [0.2, 0.25) is 0 Å². The van der Waals surface area contributed by atoms with Crippen LogP contribution < -0.4 is 0 Å². The summed E-state index contributed by atoms with van der Waals surface area (Å²) in [4.78, 5) is 0. The molecule has 0 radical (unpaired) electrons. The molecule has 12 heavy (non-hydrogen) atoms. The third-order valence-corrected chi connectivity index (χ3v) is 2.37. The Kier molecular flexibility index (Phi) is 4.96. The van der Waals surface area contributed by atoms with E-state index in [4.69, 9.17) is 0 Å². The lowest BCUT2D eigenvalue weighted by atomic mass is 9.89. The number of rotatable bonds is 4. The van der Waals surface area contributed by atoms with E-state index in [-0.39, 0.29) is 0 Å². The van der Waals surface area contributed by atoms with Crippen LogP contribution in [-0.4, -0.2) is 0 Å². The zero-order valence-corrected chi connectivity index (χ0v) is 9.09. The fourth-order valence-electron chi connectivity index (χ4n) is 1.01. The van der Waals surface area contributed by atoms with E-state index < -0.39 is 0 Å². The molecule has 0 heteroatoms. The first-order valence-corrected chi connectivity index (χ1v) is 4.78. The van der Waals surface area contributed by atoms with E-state index in [1.807, 2.05) is 0 Å². The van der Waals surface area contributed by atoms with Crippen LogP contribution in [0.1, 0.15) is 34.6 Å². The van der Waals surface area contributed by atoms with Crippen LogP contribution in [0.5, 0.6) is 0 Å². The highest BCUT2D eigenvalue weighted by molar-refractivity contribution is 5.02. The largest absolute Gasteiger partial charge is 0.0998 e. The van der Waals surface area contributed by atoms with Crippen LogP contribution >= 0.6 is 0 Å². The zero-order valence-electron chi connectivity index (χ0n) is 9.09. The molecule has 0 fully saturated rings. The molecular weight excluding hydrogens is 144 g/mol. The zero-order chi connectivity index (χ0) is 9.72. The van der Waals surface area contributed by atoms with Crippen molar-refractivity contribution < 1.29 is 0 Å². The molecule has 0 aromatic rings. The van der Waals surface area contributed by atoms with Crippen LogP contribution in [0.15, 0.2) is 24.3 Å². The van der Waals surface area contributed by atoms with Gasteiger partial charge in [-0.05, 0) is 24.7 Å². The predicted molar refractivity (Wildman–Crippen MR) is 57.1 cm³/mol. The smallest absolute Gasteiger partial charge is 0.0177 e. The summed E-state index contributed by atoms with van der Waals surface area (Å²) in [6.07, 6.45) is 4.56. The maximum Gasteiger partial charge on any atom is -0.0177 e. The van der Waals surface area contributed by atoms with Gasteiger partial charge in [-0.15, -0.1) is 0 Å². The Morgan fingerprint density at radius 1 is 1.08 bits per heavy atom. The van der Waals surface area contributed by atoms with Crippen molar-refractivity contribution in [3.8, 4) is 0 Å². The van der Waals surface area contributed by atoms with Crippen molar-refractivity contribution in [3.05, 3.63) is 24.3 Å². The molecule has 0 heterocycles. The second-order valence-corrected chi connectivity index (χ2v) is 4.12. The van der Waals surface area contributed by atoms with Gasteiger partial charge in [-0.1, -0.05) is 52.0 Å². The summed E-state index contributed by atoms with van der Waals surface area (Å²) in [5, 5.41) is 0. The van der Waals surface area contributed by atoms with Crippen molar-refractivity contribution in [1.29, 1.82) is 0 Å². The third-order valence-electron chi connectivity index (χ3n) is 2.37. The van der Waals surface area contributed by atoms with Crippen molar-refractivity contribution in [2.75, 3.05) is 0 Å². The SMILES string of the molecule is C=C(C)C(C)C(C)C=CC(C)C. The van der Waals surface area contributed by atoms with E-state index in [0.29, 0.717) is 17.8 Å². The minimum Gasteiger partial charge on any atom is -0.0998 e. The van der Waals surface area contributed by atoms with E-state index in [0.717, 1.165) is 0 Å². The molecule has 0 aromatic carbocycles. The highest BCUT2D eigenvalue weighted by Crippen LogP contribution is 2.19. The van der Waals surface area contributed by atoms with Gasteiger partial charge in [0.05, 0.1) is 0 Å². The summed E-state index contributed by atoms with van der Waals surface area (Å²) in [6.45, 7) is 15.0. The molecule has 0 amide bonds. The van der Waals surface area contributed by atoms with Gasteiger partial charge in [0.1, 0.15) is 0 Å². The van der Waals surface area contributed by atoms with Gasteiger partial charge in [-0.2, -0.15) is 0 Å². The molecule has 0 aliphatic heterocycles. The first kappa shape index (κ1) is 11.5. The van der Waals surface area contributed by atoms with Crippen molar-refractivity contribution in [3.63, 3.8) is 0 Å². The quantitative estimate of drug-likeness (QED) is 0.553. The average molecular weight is 166 g/mol. The lowest BCUT2D eigenvalue weighted by Crippen LogP contribution is -2.05. The van der Waals surface area contributed by atoms with Gasteiger partial charge in [0, 0.05) is 0 Å². The monoisotopic (exact) mass is 166 g/mol. The maximum absolute atomic E-state index is 3.97. The molecule has 0 bridgehead atoms. The normalized spacial score (nSPS) is 16.8. The Morgan fingerprint density at radius 2 is 1.58 bits per heavy atom. The van der Waals surface area contributed by atoms with Gasteiger partial charge >= 0.3 is 0 Å². The molecule has 0 aliphatic rings. The van der Waals surface area contributed by atoms with E-state index in [1.165, 1.54) is 5.57 Å². The fraction of sp³-hybridized carbons (Fsp3) is 0.667. The van der Waals surface area contributed by atoms with Gasteiger partial charge in [0.15, 0.2) is 0 Å². The van der Waals surface area contributed by atoms with Crippen molar-refractivity contribution in [2.24, 2.45) is 17.8 Å². The molecule has 0 aromatic heterocycles. The Balaban J connectivity index is 4.03. The summed E-state index contributed by atoms with van der Waals surface area (Å²) in [5.74, 6) is 1.87. The van der Waals surface area contributed by atoms with E-state index >= 15 is 0 Å². The Labute approximate surface area is 77.4 Å². The molecule has 0 saturated carbocycles. The Morgan fingerprint density at radius 3 is 1.92 bits per heavy atom. The van der Waals surface area contributed by atoms with E-state index in [1.54, 1.807) is 0 Å². The molecule has 0 aliphatic carbocycles. The summed E-state index contributed by atoms with van der Waals surface area (Å²) in [7, 11) is 0. The third kappa shape index (κ3) is 4.38. The highest BCUT2D eigenvalue weighted by Gasteiger charge is 2.08. The first-order valence-electron chi connectivity index (χ1n) is 4.78. The Hall–Kier alpha value is -0.520. The lowest BCUT2D eigenvalue weighted by Gasteiger charge is -2.16. The number of hydrogen-bond acceptors (Lipinski definition) is 0. The minimum absolute atomic E-state index is 0.597. The Bertz CT molecular complexity index is 163. The van der Waals surface area contributed by atoms with Gasteiger partial charge < -0.3 is 0 Å². The molecule has 0 spiro atoms. The van der Waals surface area contributed by atoms with Crippen LogP contribution in [0.2, 0.25) is 0 Å². The van der Waals surface area contributed by atoms with Crippen LogP contribution in [0.25, 0.3) is 0 Å². The molecule has 2 unspecified atom stereocenters. The van der Waals surface area contributed by atoms with Crippen LogP contribution in [0.4, 0.5) is 0 Å². The molecule has 0 rings (SSSR count). The van der Waals surface area contributed by atoms with Crippen LogP contribution in [0.3, 0.4) is 0 Å². The highest BCUT2D eigenvalue weighted by atomic mass is 14.1.